The second-order valence-electron chi connectivity index (χ2n) is 2.65. The first-order chi connectivity index (χ1) is 6.30. The molecule has 0 aliphatic heterocycles. The number of benzene rings is 1. The van der Waals surface area contributed by atoms with Gasteiger partial charge in [-0.2, -0.15) is 8.78 Å². The second-order valence-corrected chi connectivity index (χ2v) is 4.07. The Morgan fingerprint density at radius 2 is 1.93 bits per heavy atom. The van der Waals surface area contributed by atoms with Crippen molar-refractivity contribution in [2.75, 3.05) is 0 Å². The molecular formula is C8H5BrClF3O. The van der Waals surface area contributed by atoms with E-state index < -0.39 is 17.3 Å². The average molecular weight is 289 g/mol. The van der Waals surface area contributed by atoms with E-state index in [1.165, 1.54) is 6.07 Å². The Morgan fingerprint density at radius 3 is 2.36 bits per heavy atom. The van der Waals surface area contributed by atoms with E-state index in [1.54, 1.807) is 0 Å². The van der Waals surface area contributed by atoms with Gasteiger partial charge in [0.1, 0.15) is 5.82 Å². The first-order valence-corrected chi connectivity index (χ1v) is 4.68. The molecule has 78 valence electrons. The summed E-state index contributed by atoms with van der Waals surface area (Å²) in [5.74, 6) is -0.727. The smallest absolute Gasteiger partial charge is 0.351 e. The van der Waals surface area contributed by atoms with E-state index in [2.05, 4.69) is 27.5 Å². The van der Waals surface area contributed by atoms with Crippen LogP contribution in [0.25, 0.3) is 0 Å². The van der Waals surface area contributed by atoms with Gasteiger partial charge in [-0.1, -0.05) is 15.9 Å². The Balaban J connectivity index is 3.07. The molecule has 0 bridgehead atoms. The minimum atomic E-state index is -3.81. The van der Waals surface area contributed by atoms with Crippen molar-refractivity contribution in [1.82, 2.24) is 0 Å². The van der Waals surface area contributed by atoms with Crippen LogP contribution in [0.4, 0.5) is 13.2 Å². The van der Waals surface area contributed by atoms with Crippen LogP contribution in [0, 0.1) is 5.82 Å². The monoisotopic (exact) mass is 288 g/mol. The third-order valence-electron chi connectivity index (χ3n) is 1.51. The molecule has 1 aromatic carbocycles. The van der Waals surface area contributed by atoms with Gasteiger partial charge in [0.15, 0.2) is 6.10 Å². The maximum atomic E-state index is 12.7. The molecule has 1 atom stereocenters. The minimum Gasteiger partial charge on any atom is -0.381 e. The fourth-order valence-corrected chi connectivity index (χ4v) is 1.53. The van der Waals surface area contributed by atoms with Crippen LogP contribution in [-0.2, 0) is 0 Å². The zero-order valence-corrected chi connectivity index (χ0v) is 8.99. The molecule has 0 amide bonds. The molecule has 6 heteroatoms. The molecule has 0 aromatic heterocycles. The maximum Gasteiger partial charge on any atom is 0.351 e. The molecule has 1 rings (SSSR count). The van der Waals surface area contributed by atoms with Crippen molar-refractivity contribution in [3.05, 3.63) is 34.1 Å². The quantitative estimate of drug-likeness (QED) is 0.827. The molecule has 0 saturated carbocycles. The molecule has 0 heterocycles. The Hall–Kier alpha value is -0.260. The summed E-state index contributed by atoms with van der Waals surface area (Å²) in [6.45, 7) is 0. The van der Waals surface area contributed by atoms with Crippen LogP contribution in [0.2, 0.25) is 0 Å². The van der Waals surface area contributed by atoms with Crippen LogP contribution in [0.15, 0.2) is 22.7 Å². The molecule has 0 radical (unpaired) electrons. The van der Waals surface area contributed by atoms with Gasteiger partial charge in [-0.3, -0.25) is 0 Å². The first kappa shape index (κ1) is 11.8. The van der Waals surface area contributed by atoms with E-state index in [0.29, 0.717) is 0 Å². The van der Waals surface area contributed by atoms with E-state index in [9.17, 15) is 13.2 Å². The Labute approximate surface area is 91.6 Å². The van der Waals surface area contributed by atoms with Gasteiger partial charge in [0, 0.05) is 4.47 Å². The van der Waals surface area contributed by atoms with Gasteiger partial charge in [0.25, 0.3) is 0 Å². The molecule has 14 heavy (non-hydrogen) atoms. The minimum absolute atomic E-state index is 0.257. The Kier molecular flexibility index (Phi) is 3.44. The summed E-state index contributed by atoms with van der Waals surface area (Å²) in [6, 6.07) is 3.05. The number of alkyl halides is 3. The van der Waals surface area contributed by atoms with Crippen LogP contribution in [-0.4, -0.2) is 10.5 Å². The highest BCUT2D eigenvalue weighted by Crippen LogP contribution is 2.35. The van der Waals surface area contributed by atoms with Gasteiger partial charge < -0.3 is 5.11 Å². The summed E-state index contributed by atoms with van der Waals surface area (Å²) in [5, 5.41) is 5.22. The summed E-state index contributed by atoms with van der Waals surface area (Å²) in [6.07, 6.45) is -2.23. The van der Waals surface area contributed by atoms with Crippen molar-refractivity contribution in [3.63, 3.8) is 0 Å². The number of halogens is 5. The third-order valence-corrected chi connectivity index (χ3v) is 2.18. The van der Waals surface area contributed by atoms with Crippen molar-refractivity contribution in [1.29, 1.82) is 0 Å². The molecule has 1 N–H and O–H groups in total. The van der Waals surface area contributed by atoms with Crippen molar-refractivity contribution >= 4 is 27.5 Å². The third kappa shape index (κ3) is 2.87. The standard InChI is InChI=1S/C8H5BrClF3O/c9-5-1-4(2-6(11)3-5)7(14)8(10,12)13/h1-3,7,14H. The fourth-order valence-electron chi connectivity index (χ4n) is 0.922. The predicted molar refractivity (Wildman–Crippen MR) is 49.9 cm³/mol. The van der Waals surface area contributed by atoms with E-state index in [0.717, 1.165) is 12.1 Å². The van der Waals surface area contributed by atoms with Crippen LogP contribution < -0.4 is 0 Å². The highest BCUT2D eigenvalue weighted by atomic mass is 79.9. The van der Waals surface area contributed by atoms with Gasteiger partial charge in [-0.15, -0.1) is 0 Å². The molecule has 0 spiro atoms. The molecule has 1 unspecified atom stereocenters. The number of aliphatic hydroxyl groups excluding tert-OH is 1. The second kappa shape index (κ2) is 4.08. The van der Waals surface area contributed by atoms with Crippen LogP contribution in [0.5, 0.6) is 0 Å². The molecule has 1 aromatic rings. The van der Waals surface area contributed by atoms with Crippen molar-refractivity contribution < 1.29 is 18.3 Å². The molecule has 0 saturated heterocycles. The molecule has 1 nitrogen and oxygen atoms in total. The highest BCUT2D eigenvalue weighted by Gasteiger charge is 2.37. The summed E-state index contributed by atoms with van der Waals surface area (Å²) in [5.41, 5.74) is -0.281. The van der Waals surface area contributed by atoms with Gasteiger partial charge in [-0.05, 0) is 35.4 Å². The van der Waals surface area contributed by atoms with Crippen LogP contribution in [0.1, 0.15) is 11.7 Å². The Bertz CT molecular complexity index is 320. The van der Waals surface area contributed by atoms with Crippen molar-refractivity contribution in [2.24, 2.45) is 0 Å². The summed E-state index contributed by atoms with van der Waals surface area (Å²) < 4.78 is 37.9. The number of rotatable bonds is 2. The molecule has 0 aliphatic rings. The van der Waals surface area contributed by atoms with E-state index in [1.807, 2.05) is 0 Å². The maximum absolute atomic E-state index is 12.7. The zero-order chi connectivity index (χ0) is 10.9. The van der Waals surface area contributed by atoms with Gasteiger partial charge in [0.2, 0.25) is 0 Å². The van der Waals surface area contributed by atoms with E-state index in [4.69, 9.17) is 5.11 Å². The highest BCUT2D eigenvalue weighted by molar-refractivity contribution is 9.10. The lowest BCUT2D eigenvalue weighted by molar-refractivity contribution is -0.0426. The van der Waals surface area contributed by atoms with Gasteiger partial charge in [-0.25, -0.2) is 4.39 Å². The van der Waals surface area contributed by atoms with Crippen molar-refractivity contribution in [2.45, 2.75) is 11.5 Å². The van der Waals surface area contributed by atoms with Gasteiger partial charge >= 0.3 is 5.38 Å². The van der Waals surface area contributed by atoms with Crippen LogP contribution in [0.3, 0.4) is 0 Å². The largest absolute Gasteiger partial charge is 0.381 e. The molecular weight excluding hydrogens is 284 g/mol. The molecule has 0 aliphatic carbocycles. The number of hydrogen-bond acceptors (Lipinski definition) is 1. The van der Waals surface area contributed by atoms with E-state index in [-0.39, 0.29) is 10.0 Å². The normalized spacial score (nSPS) is 14.1. The number of hydrogen-bond donors (Lipinski definition) is 1. The fraction of sp³-hybridized carbons (Fsp3) is 0.250. The lowest BCUT2D eigenvalue weighted by atomic mass is 10.1. The van der Waals surface area contributed by atoms with E-state index >= 15 is 0 Å². The Morgan fingerprint density at radius 1 is 1.36 bits per heavy atom. The summed E-state index contributed by atoms with van der Waals surface area (Å²) in [7, 11) is 0. The lowest BCUT2D eigenvalue weighted by Crippen LogP contribution is -2.19. The lowest BCUT2D eigenvalue weighted by Gasteiger charge is -2.16. The first-order valence-electron chi connectivity index (χ1n) is 3.51. The van der Waals surface area contributed by atoms with Gasteiger partial charge in [0.05, 0.1) is 0 Å². The SMILES string of the molecule is OC(c1cc(F)cc(Br)c1)C(F)(F)Cl. The van der Waals surface area contributed by atoms with Crippen molar-refractivity contribution in [3.8, 4) is 0 Å². The number of aliphatic hydroxyl groups is 1. The summed E-state index contributed by atoms with van der Waals surface area (Å²) in [4.78, 5) is 0. The predicted octanol–water partition coefficient (Wildman–Crippen LogP) is 3.45. The zero-order valence-electron chi connectivity index (χ0n) is 6.65. The molecule has 0 fully saturated rings. The topological polar surface area (TPSA) is 20.2 Å². The average Bonchev–Trinajstić information content (AvgIpc) is 1.99. The van der Waals surface area contributed by atoms with Crippen LogP contribution >= 0.6 is 27.5 Å². The summed E-state index contributed by atoms with van der Waals surface area (Å²) >= 11 is 7.51.